The maximum Gasteiger partial charge on any atom is 0.123 e. The molecule has 2 aromatic rings. The van der Waals surface area contributed by atoms with E-state index in [4.69, 9.17) is 0 Å². The van der Waals surface area contributed by atoms with Crippen LogP contribution in [0.5, 0.6) is 5.75 Å². The molecule has 2 aromatic carbocycles. The van der Waals surface area contributed by atoms with Crippen LogP contribution in [0.3, 0.4) is 0 Å². The first-order chi connectivity index (χ1) is 10.6. The minimum atomic E-state index is -0.179. The molecule has 0 amide bonds. The monoisotopic (exact) mass is 307 g/mol. The molecule has 0 saturated heterocycles. The van der Waals surface area contributed by atoms with Crippen LogP contribution in [-0.4, -0.2) is 5.11 Å². The van der Waals surface area contributed by atoms with E-state index < -0.39 is 0 Å². The number of nitrogens with zero attached hydrogens (tertiary/aromatic N) is 1. The molecule has 2 nitrogen and oxygen atoms in total. The van der Waals surface area contributed by atoms with Gasteiger partial charge in [0.25, 0.3) is 0 Å². The summed E-state index contributed by atoms with van der Waals surface area (Å²) in [6.07, 6.45) is 0. The fourth-order valence-electron chi connectivity index (χ4n) is 2.77. The average molecular weight is 307 g/mol. The molecule has 120 valence electrons. The first-order valence-corrected chi connectivity index (χ1v) is 7.93. The molecule has 2 heteroatoms. The second-order valence-corrected chi connectivity index (χ2v) is 8.08. The minimum absolute atomic E-state index is 0.179. The van der Waals surface area contributed by atoms with E-state index in [0.717, 1.165) is 22.3 Å². The van der Waals surface area contributed by atoms with Gasteiger partial charge in [0.05, 0.1) is 11.6 Å². The van der Waals surface area contributed by atoms with Crippen LogP contribution in [0, 0.1) is 11.3 Å². The maximum atomic E-state index is 10.8. The van der Waals surface area contributed by atoms with Crippen LogP contribution in [-0.2, 0) is 10.8 Å². The number of nitriles is 1. The van der Waals surface area contributed by atoms with E-state index in [9.17, 15) is 10.4 Å². The summed E-state index contributed by atoms with van der Waals surface area (Å²) in [4.78, 5) is 0. The Morgan fingerprint density at radius 2 is 1.35 bits per heavy atom. The van der Waals surface area contributed by atoms with Crippen molar-refractivity contribution >= 4 is 0 Å². The van der Waals surface area contributed by atoms with Gasteiger partial charge in [0.15, 0.2) is 0 Å². The Morgan fingerprint density at radius 1 is 0.870 bits per heavy atom. The van der Waals surface area contributed by atoms with Crippen LogP contribution < -0.4 is 0 Å². The highest BCUT2D eigenvalue weighted by Gasteiger charge is 2.27. The predicted octanol–water partition coefficient (Wildman–Crippen LogP) is 5.53. The predicted molar refractivity (Wildman–Crippen MR) is 95.7 cm³/mol. The van der Waals surface area contributed by atoms with Gasteiger partial charge in [-0.2, -0.15) is 5.26 Å². The third-order valence-electron chi connectivity index (χ3n) is 4.08. The molecule has 0 spiro atoms. The molecule has 0 radical (unpaired) electrons. The lowest BCUT2D eigenvalue weighted by Gasteiger charge is -2.28. The average Bonchev–Trinajstić information content (AvgIpc) is 2.45. The third-order valence-corrected chi connectivity index (χ3v) is 4.08. The summed E-state index contributed by atoms with van der Waals surface area (Å²) in [5.41, 5.74) is 4.00. The van der Waals surface area contributed by atoms with E-state index in [1.807, 2.05) is 36.4 Å². The number of phenols is 1. The van der Waals surface area contributed by atoms with E-state index in [0.29, 0.717) is 11.3 Å². The largest absolute Gasteiger partial charge is 0.507 e. The Morgan fingerprint density at radius 3 is 1.78 bits per heavy atom. The Balaban J connectivity index is 2.83. The van der Waals surface area contributed by atoms with E-state index in [2.05, 4.69) is 47.6 Å². The fraction of sp³-hybridized carbons (Fsp3) is 0.381. The Hall–Kier alpha value is -2.27. The normalized spacial score (nSPS) is 12.0. The summed E-state index contributed by atoms with van der Waals surface area (Å²) in [5.74, 6) is 0.364. The van der Waals surface area contributed by atoms with Gasteiger partial charge in [0, 0.05) is 11.1 Å². The van der Waals surface area contributed by atoms with Crippen LogP contribution in [0.4, 0.5) is 0 Å². The molecule has 0 atom stereocenters. The molecule has 0 unspecified atom stereocenters. The molecule has 0 aliphatic carbocycles. The summed E-state index contributed by atoms with van der Waals surface area (Å²) < 4.78 is 0. The molecule has 0 aromatic heterocycles. The molecule has 0 heterocycles. The van der Waals surface area contributed by atoms with Crippen LogP contribution in [0.1, 0.15) is 58.2 Å². The summed E-state index contributed by atoms with van der Waals surface area (Å²) in [5, 5.41) is 20.2. The van der Waals surface area contributed by atoms with Crippen molar-refractivity contribution in [1.29, 1.82) is 5.26 Å². The number of aromatic hydroxyl groups is 1. The van der Waals surface area contributed by atoms with Gasteiger partial charge in [0.1, 0.15) is 5.75 Å². The zero-order chi connectivity index (χ0) is 17.4. The molecule has 2 rings (SSSR count). The summed E-state index contributed by atoms with van der Waals surface area (Å²) >= 11 is 0. The number of hydrogen-bond acceptors (Lipinski definition) is 2. The van der Waals surface area contributed by atoms with Crippen molar-refractivity contribution in [3.8, 4) is 22.9 Å². The molecular weight excluding hydrogens is 282 g/mol. The van der Waals surface area contributed by atoms with E-state index in [1.54, 1.807) is 0 Å². The van der Waals surface area contributed by atoms with Crippen molar-refractivity contribution in [1.82, 2.24) is 0 Å². The van der Waals surface area contributed by atoms with Gasteiger partial charge in [0.2, 0.25) is 0 Å². The van der Waals surface area contributed by atoms with Gasteiger partial charge in [-0.1, -0.05) is 59.7 Å². The summed E-state index contributed by atoms with van der Waals surface area (Å²) in [6.45, 7) is 12.6. The van der Waals surface area contributed by atoms with Gasteiger partial charge >= 0.3 is 0 Å². The summed E-state index contributed by atoms with van der Waals surface area (Å²) in [6, 6.07) is 13.9. The minimum Gasteiger partial charge on any atom is -0.507 e. The highest BCUT2D eigenvalue weighted by Crippen LogP contribution is 2.42. The highest BCUT2D eigenvalue weighted by molar-refractivity contribution is 5.74. The van der Waals surface area contributed by atoms with Gasteiger partial charge in [-0.3, -0.25) is 0 Å². The van der Waals surface area contributed by atoms with E-state index >= 15 is 0 Å². The van der Waals surface area contributed by atoms with Crippen molar-refractivity contribution in [3.05, 3.63) is 53.1 Å². The molecule has 0 saturated carbocycles. The smallest absolute Gasteiger partial charge is 0.123 e. The van der Waals surface area contributed by atoms with Crippen LogP contribution in [0.15, 0.2) is 36.4 Å². The fourth-order valence-corrected chi connectivity index (χ4v) is 2.77. The second-order valence-electron chi connectivity index (χ2n) is 8.08. The van der Waals surface area contributed by atoms with Crippen LogP contribution in [0.2, 0.25) is 0 Å². The number of phenolic OH excluding ortho intramolecular Hbond substituents is 1. The lowest BCUT2D eigenvalue weighted by molar-refractivity contribution is 0.423. The van der Waals surface area contributed by atoms with Crippen LogP contribution in [0.25, 0.3) is 11.1 Å². The lowest BCUT2D eigenvalue weighted by atomic mass is 9.77. The van der Waals surface area contributed by atoms with Crippen molar-refractivity contribution in [2.75, 3.05) is 0 Å². The molecule has 0 aliphatic heterocycles. The van der Waals surface area contributed by atoms with Gasteiger partial charge < -0.3 is 5.11 Å². The number of hydrogen-bond donors (Lipinski definition) is 1. The maximum absolute atomic E-state index is 10.8. The zero-order valence-corrected chi connectivity index (χ0v) is 14.9. The molecule has 23 heavy (non-hydrogen) atoms. The first kappa shape index (κ1) is 17.1. The van der Waals surface area contributed by atoms with Gasteiger partial charge in [-0.25, -0.2) is 0 Å². The summed E-state index contributed by atoms with van der Waals surface area (Å²) in [7, 11) is 0. The molecular formula is C21H25NO. The molecule has 1 N–H and O–H groups in total. The lowest BCUT2D eigenvalue weighted by Crippen LogP contribution is -2.17. The molecule has 0 bridgehead atoms. The van der Waals surface area contributed by atoms with Crippen molar-refractivity contribution in [3.63, 3.8) is 0 Å². The van der Waals surface area contributed by atoms with Gasteiger partial charge in [-0.15, -0.1) is 0 Å². The third kappa shape index (κ3) is 3.40. The standard InChI is InChI=1S/C21H25NO/c1-20(2,3)17-11-15(12-18(19(17)23)21(4,5)6)16-10-8-7-9-14(16)13-22/h7-12,23H,1-6H3. The van der Waals surface area contributed by atoms with E-state index in [1.165, 1.54) is 0 Å². The quantitative estimate of drug-likeness (QED) is 0.753. The topological polar surface area (TPSA) is 44.0 Å². The SMILES string of the molecule is CC(C)(C)c1cc(-c2ccccc2C#N)cc(C(C)(C)C)c1O. The van der Waals surface area contributed by atoms with Crippen molar-refractivity contribution in [2.45, 2.75) is 52.4 Å². The van der Waals surface area contributed by atoms with Gasteiger partial charge in [-0.05, 0) is 40.2 Å². The Bertz CT molecular complexity index is 733. The Labute approximate surface area is 139 Å². The van der Waals surface area contributed by atoms with E-state index in [-0.39, 0.29) is 10.8 Å². The van der Waals surface area contributed by atoms with Crippen molar-refractivity contribution in [2.24, 2.45) is 0 Å². The van der Waals surface area contributed by atoms with Crippen molar-refractivity contribution < 1.29 is 5.11 Å². The zero-order valence-electron chi connectivity index (χ0n) is 14.9. The first-order valence-electron chi connectivity index (χ1n) is 7.93. The molecule has 0 aliphatic rings. The molecule has 0 fully saturated rings. The highest BCUT2D eigenvalue weighted by atomic mass is 16.3. The van der Waals surface area contributed by atoms with Crippen LogP contribution >= 0.6 is 0 Å². The number of benzene rings is 2. The number of rotatable bonds is 1. The second kappa shape index (κ2) is 5.74. The Kier molecular flexibility index (Phi) is 4.26.